The first kappa shape index (κ1) is 7.07. The Morgan fingerprint density at radius 3 is 2.62 bits per heavy atom. The van der Waals surface area contributed by atoms with Gasteiger partial charge in [0.2, 0.25) is 0 Å². The zero-order valence-corrected chi connectivity index (χ0v) is 7.66. The van der Waals surface area contributed by atoms with Crippen molar-refractivity contribution >= 4 is 6.29 Å². The van der Waals surface area contributed by atoms with E-state index >= 15 is 0 Å². The summed E-state index contributed by atoms with van der Waals surface area (Å²) in [5.74, 6) is 0. The molecule has 0 spiro atoms. The maximum Gasteiger partial charge on any atom is 0.130 e. The Morgan fingerprint density at radius 2 is 2.15 bits per heavy atom. The van der Waals surface area contributed by atoms with Gasteiger partial charge in [-0.15, -0.1) is 6.58 Å². The van der Waals surface area contributed by atoms with Gasteiger partial charge in [-0.05, 0) is 18.9 Å². The Morgan fingerprint density at radius 1 is 1.54 bits per heavy atom. The largest absolute Gasteiger partial charge is 0.302 e. The van der Waals surface area contributed by atoms with Crippen LogP contribution < -0.4 is 0 Å². The molecule has 1 nitrogen and oxygen atoms in total. The number of carbonyl (C=O) groups excluding carboxylic acids is 1. The van der Waals surface area contributed by atoms with Crippen molar-refractivity contribution in [2.24, 2.45) is 0 Å². The molecule has 0 aliphatic carbocycles. The molecule has 1 atom stereocenters. The molecule has 0 aromatic heterocycles. The zero-order valence-electron chi connectivity index (χ0n) is 9.66. The second-order valence-corrected chi connectivity index (χ2v) is 3.03. The number of benzene rings is 1. The van der Waals surface area contributed by atoms with Gasteiger partial charge < -0.3 is 4.79 Å². The van der Waals surface area contributed by atoms with Crippen LogP contribution in [0.1, 0.15) is 21.6 Å². The van der Waals surface area contributed by atoms with E-state index in [9.17, 15) is 4.79 Å². The highest BCUT2D eigenvalue weighted by atomic mass is 16.1. The van der Waals surface area contributed by atoms with Gasteiger partial charge in [0.1, 0.15) is 6.29 Å². The van der Waals surface area contributed by atoms with Crippen LogP contribution in [0.15, 0.2) is 43.0 Å². The minimum atomic E-state index is -1.75. The quantitative estimate of drug-likeness (QED) is 0.509. The third kappa shape index (κ3) is 2.05. The van der Waals surface area contributed by atoms with E-state index in [0.29, 0.717) is 11.8 Å². The molecule has 13 heavy (non-hydrogen) atoms. The van der Waals surface area contributed by atoms with Gasteiger partial charge in [-0.25, -0.2) is 0 Å². The third-order valence-electron chi connectivity index (χ3n) is 2.01. The SMILES string of the molecule is [2H]C([2H])(C=C)[C@@](C)(C=O)c1ccccc1. The van der Waals surface area contributed by atoms with Crippen LogP contribution in [0.3, 0.4) is 0 Å². The Bertz CT molecular complexity index is 359. The summed E-state index contributed by atoms with van der Waals surface area (Å²) in [4.78, 5) is 11.1. The smallest absolute Gasteiger partial charge is 0.130 e. The Balaban J connectivity index is 3.29. The van der Waals surface area contributed by atoms with Gasteiger partial charge in [0, 0.05) is 2.74 Å². The Kier molecular flexibility index (Phi) is 2.20. The molecule has 0 heterocycles. The average Bonchev–Trinajstić information content (AvgIpc) is 2.29. The average molecular weight is 176 g/mol. The second kappa shape index (κ2) is 4.04. The van der Waals surface area contributed by atoms with E-state index in [1.54, 1.807) is 31.2 Å². The monoisotopic (exact) mass is 176 g/mol. The van der Waals surface area contributed by atoms with Gasteiger partial charge >= 0.3 is 0 Å². The number of rotatable bonds is 4. The van der Waals surface area contributed by atoms with Crippen LogP contribution in [0.5, 0.6) is 0 Å². The lowest BCUT2D eigenvalue weighted by atomic mass is 9.81. The van der Waals surface area contributed by atoms with Crippen LogP contribution in [0.4, 0.5) is 0 Å². The molecule has 0 bridgehead atoms. The molecule has 1 aromatic rings. The molecular formula is C12H14O. The molecule has 1 heteroatoms. The van der Waals surface area contributed by atoms with Crippen LogP contribution in [0.2, 0.25) is 0 Å². The fourth-order valence-electron chi connectivity index (χ4n) is 1.18. The van der Waals surface area contributed by atoms with Gasteiger partial charge in [0.25, 0.3) is 0 Å². The summed E-state index contributed by atoms with van der Waals surface area (Å²) < 4.78 is 15.6. The van der Waals surface area contributed by atoms with Gasteiger partial charge in [0.15, 0.2) is 0 Å². The van der Waals surface area contributed by atoms with Crippen LogP contribution >= 0.6 is 0 Å². The third-order valence-corrected chi connectivity index (χ3v) is 2.01. The van der Waals surface area contributed by atoms with Crippen LogP contribution in [0.25, 0.3) is 0 Å². The molecule has 0 amide bonds. The lowest BCUT2D eigenvalue weighted by molar-refractivity contribution is -0.112. The summed E-state index contributed by atoms with van der Waals surface area (Å²) in [5.41, 5.74) is -0.527. The fraction of sp³-hybridized carbons (Fsp3) is 0.250. The maximum absolute atomic E-state index is 11.1. The number of hydrogen-bond donors (Lipinski definition) is 0. The van der Waals surface area contributed by atoms with Crippen molar-refractivity contribution in [3.05, 3.63) is 48.6 Å². The second-order valence-electron chi connectivity index (χ2n) is 3.03. The summed E-state index contributed by atoms with van der Waals surface area (Å²) in [7, 11) is 0. The molecule has 1 rings (SSSR count). The van der Waals surface area contributed by atoms with E-state index in [1.807, 2.05) is 6.07 Å². The zero-order chi connectivity index (χ0) is 11.5. The molecule has 0 N–H and O–H groups in total. The molecule has 68 valence electrons. The van der Waals surface area contributed by atoms with E-state index in [1.165, 1.54) is 6.08 Å². The first-order valence-electron chi connectivity index (χ1n) is 5.13. The highest BCUT2D eigenvalue weighted by Gasteiger charge is 2.23. The van der Waals surface area contributed by atoms with Crippen molar-refractivity contribution < 1.29 is 7.54 Å². The molecule has 1 aromatic carbocycles. The van der Waals surface area contributed by atoms with E-state index in [-0.39, 0.29) is 0 Å². The fourth-order valence-corrected chi connectivity index (χ4v) is 1.18. The maximum atomic E-state index is 11.1. The molecule has 0 saturated heterocycles. The molecule has 0 saturated carbocycles. The summed E-state index contributed by atoms with van der Waals surface area (Å²) in [6.45, 7) is 5.02. The predicted octanol–water partition coefficient (Wildman–Crippen LogP) is 2.72. The van der Waals surface area contributed by atoms with E-state index in [0.717, 1.165) is 0 Å². The van der Waals surface area contributed by atoms with Gasteiger partial charge in [-0.3, -0.25) is 0 Å². The summed E-state index contributed by atoms with van der Waals surface area (Å²) in [5, 5.41) is 0. The molecule has 0 radical (unpaired) electrons. The minimum absolute atomic E-state index is 0.643. The van der Waals surface area contributed by atoms with E-state index in [4.69, 9.17) is 2.74 Å². The van der Waals surface area contributed by atoms with Crippen LogP contribution in [-0.2, 0) is 10.2 Å². The molecule has 0 unspecified atom stereocenters. The van der Waals surface area contributed by atoms with Crippen molar-refractivity contribution in [2.75, 3.05) is 0 Å². The van der Waals surface area contributed by atoms with Crippen LogP contribution in [0, 0.1) is 0 Å². The van der Waals surface area contributed by atoms with Crippen molar-refractivity contribution in [2.45, 2.75) is 18.7 Å². The normalized spacial score (nSPS) is 17.9. The lowest BCUT2D eigenvalue weighted by Gasteiger charge is -2.21. The topological polar surface area (TPSA) is 17.1 Å². The summed E-state index contributed by atoms with van der Waals surface area (Å²) in [6.07, 6.45) is 0.0640. The van der Waals surface area contributed by atoms with Crippen LogP contribution in [-0.4, -0.2) is 6.29 Å². The van der Waals surface area contributed by atoms with Crippen molar-refractivity contribution in [1.29, 1.82) is 0 Å². The van der Waals surface area contributed by atoms with E-state index in [2.05, 4.69) is 6.58 Å². The number of aldehydes is 1. The van der Waals surface area contributed by atoms with Crippen molar-refractivity contribution in [3.63, 3.8) is 0 Å². The Hall–Kier alpha value is -1.37. The first-order chi connectivity index (χ1) is 6.98. The molecule has 0 aliphatic rings. The van der Waals surface area contributed by atoms with Gasteiger partial charge in [-0.2, -0.15) is 0 Å². The number of carbonyl (C=O) groups is 1. The highest BCUT2D eigenvalue weighted by molar-refractivity contribution is 5.68. The predicted molar refractivity (Wildman–Crippen MR) is 54.7 cm³/mol. The van der Waals surface area contributed by atoms with Gasteiger partial charge in [0.05, 0.1) is 5.41 Å². The summed E-state index contributed by atoms with van der Waals surface area (Å²) in [6, 6.07) is 8.90. The molecular weight excluding hydrogens is 160 g/mol. The summed E-state index contributed by atoms with van der Waals surface area (Å²) >= 11 is 0. The number of allylic oxidation sites excluding steroid dienone is 1. The standard InChI is InChI=1S/C12H14O/c1-3-9-12(2,10-13)11-7-5-4-6-8-11/h3-8,10H,1,9H2,2H3/t12-/m0/s1/i9D2. The molecule has 0 aliphatic heterocycles. The minimum Gasteiger partial charge on any atom is -0.302 e. The van der Waals surface area contributed by atoms with Crippen molar-refractivity contribution in [1.82, 2.24) is 0 Å². The number of hydrogen-bond acceptors (Lipinski definition) is 1. The Labute approximate surface area is 81.9 Å². The molecule has 0 fully saturated rings. The lowest BCUT2D eigenvalue weighted by Crippen LogP contribution is -2.22. The highest BCUT2D eigenvalue weighted by Crippen LogP contribution is 2.25. The first-order valence-corrected chi connectivity index (χ1v) is 4.13. The van der Waals surface area contributed by atoms with E-state index < -0.39 is 11.8 Å². The van der Waals surface area contributed by atoms with Crippen molar-refractivity contribution in [3.8, 4) is 0 Å². The van der Waals surface area contributed by atoms with Gasteiger partial charge in [-0.1, -0.05) is 36.4 Å².